The highest BCUT2D eigenvalue weighted by Gasteiger charge is 2.57. The summed E-state index contributed by atoms with van der Waals surface area (Å²) in [5.74, 6) is -0.178. The van der Waals surface area contributed by atoms with E-state index in [1.54, 1.807) is 18.1 Å². The largest absolute Gasteiger partial charge is 0.359 e. The van der Waals surface area contributed by atoms with Crippen LogP contribution in [0.5, 0.6) is 0 Å². The van der Waals surface area contributed by atoms with Crippen molar-refractivity contribution in [3.05, 3.63) is 59.7 Å². The zero-order valence-corrected chi connectivity index (χ0v) is 16.3. The van der Waals surface area contributed by atoms with Crippen LogP contribution in [0.4, 0.5) is 0 Å². The van der Waals surface area contributed by atoms with Gasteiger partial charge in [-0.2, -0.15) is 0 Å². The summed E-state index contributed by atoms with van der Waals surface area (Å²) in [5.41, 5.74) is 2.18. The number of carbonyl (C=O) groups excluding carboxylic acids is 2. The second-order valence-electron chi connectivity index (χ2n) is 7.89. The van der Waals surface area contributed by atoms with Gasteiger partial charge in [-0.1, -0.05) is 30.3 Å². The van der Waals surface area contributed by atoms with Crippen molar-refractivity contribution in [1.29, 1.82) is 0 Å². The fourth-order valence-corrected chi connectivity index (χ4v) is 4.41. The average molecular weight is 379 g/mol. The van der Waals surface area contributed by atoms with Gasteiger partial charge in [0.05, 0.1) is 17.8 Å². The number of hydrogen-bond acceptors (Lipinski definition) is 5. The Balaban J connectivity index is 1.47. The molecule has 2 aliphatic rings. The number of aryl methyl sites for hydroxylation is 1. The molecule has 2 amide bonds. The Kier molecular flexibility index (Phi) is 4.85. The molecule has 2 fully saturated rings. The molecule has 0 bridgehead atoms. The molecule has 3 heterocycles. The first-order chi connectivity index (χ1) is 13.5. The Morgan fingerprint density at radius 3 is 2.54 bits per heavy atom. The summed E-state index contributed by atoms with van der Waals surface area (Å²) in [6.07, 6.45) is 3.13. The summed E-state index contributed by atoms with van der Waals surface area (Å²) < 4.78 is 0. The smallest absolute Gasteiger partial charge is 0.274 e. The van der Waals surface area contributed by atoms with Crippen molar-refractivity contribution in [2.45, 2.75) is 13.5 Å². The molecular formula is C21H25N5O2. The molecule has 2 aromatic rings. The van der Waals surface area contributed by atoms with Crippen molar-refractivity contribution in [3.63, 3.8) is 0 Å². The van der Waals surface area contributed by atoms with Crippen LogP contribution in [0.2, 0.25) is 0 Å². The fraction of sp³-hybridized carbons (Fsp3) is 0.429. The van der Waals surface area contributed by atoms with Crippen molar-refractivity contribution < 1.29 is 9.59 Å². The van der Waals surface area contributed by atoms with Crippen molar-refractivity contribution in [1.82, 2.24) is 25.1 Å². The zero-order valence-electron chi connectivity index (χ0n) is 16.3. The molecule has 1 atom stereocenters. The van der Waals surface area contributed by atoms with E-state index in [9.17, 15) is 9.59 Å². The molecule has 28 heavy (non-hydrogen) atoms. The van der Waals surface area contributed by atoms with E-state index in [-0.39, 0.29) is 23.1 Å². The van der Waals surface area contributed by atoms with Gasteiger partial charge < -0.3 is 10.2 Å². The van der Waals surface area contributed by atoms with Crippen molar-refractivity contribution >= 4 is 11.8 Å². The van der Waals surface area contributed by atoms with Crippen LogP contribution >= 0.6 is 0 Å². The number of benzene rings is 1. The molecule has 2 aliphatic heterocycles. The average Bonchev–Trinajstić information content (AvgIpc) is 3.06. The third-order valence-corrected chi connectivity index (χ3v) is 5.83. The van der Waals surface area contributed by atoms with Crippen LogP contribution in [0.1, 0.15) is 21.7 Å². The molecule has 1 spiro atoms. The standard InChI is InChI=1S/C21H25N5O2/c1-15-8-24-18(9-23-15)20(28)26-13-21(14-26)12-25(11-17(21)19(27)22-2)10-16-6-4-3-5-7-16/h3-9,17H,10-14H2,1-2H3,(H,22,27). The van der Waals surface area contributed by atoms with Gasteiger partial charge >= 0.3 is 0 Å². The van der Waals surface area contributed by atoms with Crippen molar-refractivity contribution in [2.24, 2.45) is 11.3 Å². The zero-order chi connectivity index (χ0) is 19.7. The topological polar surface area (TPSA) is 78.4 Å². The molecule has 1 N–H and O–H groups in total. The maximum absolute atomic E-state index is 12.7. The molecule has 1 unspecified atom stereocenters. The van der Waals surface area contributed by atoms with Gasteiger partial charge in [0.25, 0.3) is 5.91 Å². The lowest BCUT2D eigenvalue weighted by atomic mass is 9.71. The van der Waals surface area contributed by atoms with E-state index in [2.05, 4.69) is 32.3 Å². The number of nitrogens with zero attached hydrogens (tertiary/aromatic N) is 4. The number of amides is 2. The van der Waals surface area contributed by atoms with E-state index in [1.165, 1.54) is 11.8 Å². The van der Waals surface area contributed by atoms with Crippen molar-refractivity contribution in [3.8, 4) is 0 Å². The summed E-state index contributed by atoms with van der Waals surface area (Å²) in [7, 11) is 1.68. The summed E-state index contributed by atoms with van der Waals surface area (Å²) in [6, 6.07) is 10.3. The van der Waals surface area contributed by atoms with Gasteiger partial charge in [0.15, 0.2) is 0 Å². The molecule has 7 heteroatoms. The van der Waals surface area contributed by atoms with E-state index in [0.29, 0.717) is 25.3 Å². The molecule has 4 rings (SSSR count). The van der Waals surface area contributed by atoms with E-state index in [4.69, 9.17) is 0 Å². The summed E-state index contributed by atoms with van der Waals surface area (Å²) in [4.78, 5) is 37.7. The van der Waals surface area contributed by atoms with Crippen LogP contribution in [-0.4, -0.2) is 64.8 Å². The van der Waals surface area contributed by atoms with E-state index in [1.807, 2.05) is 25.1 Å². The van der Waals surface area contributed by atoms with Gasteiger partial charge in [-0.25, -0.2) is 4.98 Å². The Hall–Kier alpha value is -2.80. The third kappa shape index (κ3) is 3.38. The predicted molar refractivity (Wildman–Crippen MR) is 104 cm³/mol. The Morgan fingerprint density at radius 2 is 1.89 bits per heavy atom. The fourth-order valence-electron chi connectivity index (χ4n) is 4.41. The van der Waals surface area contributed by atoms with Gasteiger partial charge in [0.2, 0.25) is 5.91 Å². The van der Waals surface area contributed by atoms with Crippen LogP contribution in [0.25, 0.3) is 0 Å². The lowest BCUT2D eigenvalue weighted by Crippen LogP contribution is -2.64. The van der Waals surface area contributed by atoms with Gasteiger partial charge in [0.1, 0.15) is 5.69 Å². The third-order valence-electron chi connectivity index (χ3n) is 5.83. The molecule has 1 aromatic carbocycles. The van der Waals surface area contributed by atoms with Gasteiger partial charge in [-0.3, -0.25) is 19.5 Å². The minimum absolute atomic E-state index is 0.0535. The minimum Gasteiger partial charge on any atom is -0.359 e. The number of hydrogen-bond donors (Lipinski definition) is 1. The molecule has 0 saturated carbocycles. The molecular weight excluding hydrogens is 354 g/mol. The van der Waals surface area contributed by atoms with E-state index >= 15 is 0 Å². The lowest BCUT2D eigenvalue weighted by Gasteiger charge is -2.50. The Labute approximate surface area is 164 Å². The SMILES string of the molecule is CNC(=O)C1CN(Cc2ccccc2)CC12CN(C(=O)c1cnc(C)cn1)C2. The summed E-state index contributed by atoms with van der Waals surface area (Å²) in [6.45, 7) is 5.32. The van der Waals surface area contributed by atoms with E-state index in [0.717, 1.165) is 18.8 Å². The second kappa shape index (κ2) is 7.31. The highest BCUT2D eigenvalue weighted by atomic mass is 16.2. The number of likely N-dealkylation sites (tertiary alicyclic amines) is 2. The molecule has 7 nitrogen and oxygen atoms in total. The van der Waals surface area contributed by atoms with Gasteiger partial charge in [0, 0.05) is 51.4 Å². The van der Waals surface area contributed by atoms with Crippen LogP contribution in [-0.2, 0) is 11.3 Å². The Bertz CT molecular complexity index is 862. The predicted octanol–water partition coefficient (Wildman–Crippen LogP) is 1.11. The van der Waals surface area contributed by atoms with Gasteiger partial charge in [-0.15, -0.1) is 0 Å². The first-order valence-electron chi connectivity index (χ1n) is 9.56. The number of aromatic nitrogens is 2. The normalized spacial score (nSPS) is 20.8. The lowest BCUT2D eigenvalue weighted by molar-refractivity contribution is -0.130. The number of nitrogens with one attached hydrogen (secondary N) is 1. The maximum atomic E-state index is 12.7. The monoisotopic (exact) mass is 379 g/mol. The Morgan fingerprint density at radius 1 is 1.14 bits per heavy atom. The molecule has 1 aromatic heterocycles. The molecule has 0 aliphatic carbocycles. The summed E-state index contributed by atoms with van der Waals surface area (Å²) in [5, 5.41) is 2.81. The maximum Gasteiger partial charge on any atom is 0.274 e. The number of carbonyl (C=O) groups is 2. The van der Waals surface area contributed by atoms with Gasteiger partial charge in [-0.05, 0) is 12.5 Å². The van der Waals surface area contributed by atoms with Crippen LogP contribution in [0.3, 0.4) is 0 Å². The van der Waals surface area contributed by atoms with Crippen LogP contribution < -0.4 is 5.32 Å². The molecule has 0 radical (unpaired) electrons. The van der Waals surface area contributed by atoms with Crippen molar-refractivity contribution in [2.75, 3.05) is 33.2 Å². The first kappa shape index (κ1) is 18.6. The summed E-state index contributed by atoms with van der Waals surface area (Å²) >= 11 is 0. The number of rotatable bonds is 4. The highest BCUT2D eigenvalue weighted by Crippen LogP contribution is 2.44. The minimum atomic E-state index is -0.192. The molecule has 2 saturated heterocycles. The second-order valence-corrected chi connectivity index (χ2v) is 7.89. The quantitative estimate of drug-likeness (QED) is 0.861. The van der Waals surface area contributed by atoms with E-state index < -0.39 is 0 Å². The van der Waals surface area contributed by atoms with Crippen LogP contribution in [0, 0.1) is 18.3 Å². The highest BCUT2D eigenvalue weighted by molar-refractivity contribution is 5.93. The first-order valence-corrected chi connectivity index (χ1v) is 9.56. The van der Waals surface area contributed by atoms with Crippen LogP contribution in [0.15, 0.2) is 42.7 Å². The molecule has 146 valence electrons.